The molecule has 0 amide bonds. The normalized spacial score (nSPS) is 10.5. The molecule has 8 heteroatoms. The zero-order valence-electron chi connectivity index (χ0n) is 12.1. The van der Waals surface area contributed by atoms with Crippen LogP contribution in [0.5, 0.6) is 5.75 Å². The number of carbonyl (C=O) groups is 1. The molecule has 0 atom stereocenters. The number of methoxy groups -OCH3 is 1. The maximum absolute atomic E-state index is 11.1. The topological polar surface area (TPSA) is 107 Å². The molecule has 0 aliphatic rings. The molecule has 8 nitrogen and oxygen atoms in total. The van der Waals surface area contributed by atoms with Crippen LogP contribution in [0.25, 0.3) is 11.1 Å². The Hall–Kier alpha value is -2.90. The van der Waals surface area contributed by atoms with Crippen molar-refractivity contribution in [2.45, 2.75) is 12.8 Å². The number of aryl methyl sites for hydroxylation is 1. The first-order chi connectivity index (χ1) is 10.4. The quantitative estimate of drug-likeness (QED) is 0.646. The van der Waals surface area contributed by atoms with Gasteiger partial charge in [0.25, 0.3) is 0 Å². The van der Waals surface area contributed by atoms with Gasteiger partial charge in [0.05, 0.1) is 24.7 Å². The number of nitrogens with zero attached hydrogens (tertiary/aromatic N) is 3. The van der Waals surface area contributed by atoms with Crippen LogP contribution in [0.4, 0.5) is 5.69 Å². The lowest BCUT2D eigenvalue weighted by molar-refractivity contribution is -0.385. The van der Waals surface area contributed by atoms with Crippen molar-refractivity contribution in [3.63, 3.8) is 0 Å². The number of carboxylic acid groups (broad SMARTS) is 1. The largest absolute Gasteiger partial charge is 0.490 e. The van der Waals surface area contributed by atoms with E-state index in [1.165, 1.54) is 19.2 Å². The number of hydrogen-bond donors (Lipinski definition) is 1. The van der Waals surface area contributed by atoms with E-state index in [0.717, 1.165) is 0 Å². The van der Waals surface area contributed by atoms with Gasteiger partial charge in [-0.1, -0.05) is 6.07 Å². The van der Waals surface area contributed by atoms with Crippen LogP contribution < -0.4 is 4.74 Å². The Bertz CT molecular complexity index is 723. The fourth-order valence-corrected chi connectivity index (χ4v) is 2.23. The molecule has 0 bridgehead atoms. The zero-order valence-corrected chi connectivity index (χ0v) is 12.1. The summed E-state index contributed by atoms with van der Waals surface area (Å²) in [6.45, 7) is 0. The van der Waals surface area contributed by atoms with Gasteiger partial charge in [0.2, 0.25) is 0 Å². The molecule has 2 aromatic rings. The summed E-state index contributed by atoms with van der Waals surface area (Å²) in [5.41, 5.74) is 1.84. The van der Waals surface area contributed by atoms with E-state index in [1.54, 1.807) is 24.0 Å². The highest BCUT2D eigenvalue weighted by atomic mass is 16.6. The Morgan fingerprint density at radius 3 is 2.82 bits per heavy atom. The van der Waals surface area contributed by atoms with Crippen LogP contribution >= 0.6 is 0 Å². The minimum atomic E-state index is -0.909. The van der Waals surface area contributed by atoms with E-state index in [1.807, 2.05) is 0 Å². The number of nitro benzene ring substituents is 1. The van der Waals surface area contributed by atoms with Gasteiger partial charge in [0.15, 0.2) is 5.75 Å². The van der Waals surface area contributed by atoms with Crippen LogP contribution in [0, 0.1) is 10.1 Å². The second-order valence-corrected chi connectivity index (χ2v) is 4.67. The van der Waals surface area contributed by atoms with E-state index in [4.69, 9.17) is 9.84 Å². The number of nitro groups is 1. The van der Waals surface area contributed by atoms with E-state index < -0.39 is 10.9 Å². The van der Waals surface area contributed by atoms with Gasteiger partial charge >= 0.3 is 11.7 Å². The third kappa shape index (κ3) is 3.05. The number of hydrogen-bond acceptors (Lipinski definition) is 5. The fraction of sp³-hybridized carbons (Fsp3) is 0.286. The standard InChI is InChI=1S/C14H15N3O5/c1-16-11(4-6-14(18)19)10(8-15-16)9-3-5-13(22-2)12(7-9)17(20)21/h3,5,7-8H,4,6H2,1-2H3,(H,18,19). The van der Waals surface area contributed by atoms with E-state index in [2.05, 4.69) is 5.10 Å². The van der Waals surface area contributed by atoms with Crippen LogP contribution in [0.2, 0.25) is 0 Å². The third-order valence-electron chi connectivity index (χ3n) is 3.32. The third-order valence-corrected chi connectivity index (χ3v) is 3.32. The number of aromatic nitrogens is 2. The van der Waals surface area contributed by atoms with Crippen molar-refractivity contribution in [3.05, 3.63) is 40.2 Å². The van der Waals surface area contributed by atoms with Crippen LogP contribution in [0.1, 0.15) is 12.1 Å². The van der Waals surface area contributed by atoms with Crippen molar-refractivity contribution in [2.75, 3.05) is 7.11 Å². The minimum absolute atomic E-state index is 0.0369. The number of ether oxygens (including phenoxy) is 1. The van der Waals surface area contributed by atoms with Crippen molar-refractivity contribution in [1.82, 2.24) is 9.78 Å². The summed E-state index contributed by atoms with van der Waals surface area (Å²) in [7, 11) is 3.07. The molecule has 0 saturated heterocycles. The monoisotopic (exact) mass is 305 g/mol. The molecule has 22 heavy (non-hydrogen) atoms. The summed E-state index contributed by atoms with van der Waals surface area (Å²) in [5, 5.41) is 24.0. The second-order valence-electron chi connectivity index (χ2n) is 4.67. The van der Waals surface area contributed by atoms with E-state index >= 15 is 0 Å². The van der Waals surface area contributed by atoms with Gasteiger partial charge in [-0.25, -0.2) is 0 Å². The van der Waals surface area contributed by atoms with Gasteiger partial charge in [-0.2, -0.15) is 5.10 Å². The zero-order chi connectivity index (χ0) is 16.3. The molecule has 0 radical (unpaired) electrons. The molecule has 0 unspecified atom stereocenters. The summed E-state index contributed by atoms with van der Waals surface area (Å²) in [4.78, 5) is 21.3. The lowest BCUT2D eigenvalue weighted by Gasteiger charge is -2.07. The molecule has 1 N–H and O–H groups in total. The van der Waals surface area contributed by atoms with Crippen LogP contribution in [0.15, 0.2) is 24.4 Å². The number of rotatable bonds is 6. The Balaban J connectivity index is 2.46. The lowest BCUT2D eigenvalue weighted by atomic mass is 10.0. The molecule has 116 valence electrons. The number of aliphatic carboxylic acids is 1. The molecule has 1 aromatic carbocycles. The number of benzene rings is 1. The SMILES string of the molecule is COc1ccc(-c2cnn(C)c2CCC(=O)O)cc1[N+](=O)[O-]. The molecule has 0 aliphatic carbocycles. The van der Waals surface area contributed by atoms with Crippen molar-refractivity contribution in [3.8, 4) is 16.9 Å². The summed E-state index contributed by atoms with van der Waals surface area (Å²) < 4.78 is 6.55. The maximum atomic E-state index is 11.1. The summed E-state index contributed by atoms with van der Waals surface area (Å²) in [5.74, 6) is -0.738. The van der Waals surface area contributed by atoms with Gasteiger partial charge < -0.3 is 9.84 Å². The average molecular weight is 305 g/mol. The highest BCUT2D eigenvalue weighted by Gasteiger charge is 2.19. The molecule has 1 heterocycles. The molecule has 0 fully saturated rings. The number of carboxylic acids is 1. The van der Waals surface area contributed by atoms with Crippen LogP contribution in [0.3, 0.4) is 0 Å². The molecule has 0 saturated carbocycles. The molecule has 0 spiro atoms. The van der Waals surface area contributed by atoms with Gasteiger partial charge in [0, 0.05) is 30.8 Å². The van der Waals surface area contributed by atoms with Gasteiger partial charge in [-0.05, 0) is 11.6 Å². The fourth-order valence-electron chi connectivity index (χ4n) is 2.23. The Morgan fingerprint density at radius 1 is 1.50 bits per heavy atom. The van der Waals surface area contributed by atoms with Gasteiger partial charge in [-0.15, -0.1) is 0 Å². The first-order valence-electron chi connectivity index (χ1n) is 6.49. The van der Waals surface area contributed by atoms with Crippen molar-refractivity contribution >= 4 is 11.7 Å². The Labute approximate surface area is 126 Å². The Kier molecular flexibility index (Phi) is 4.40. The van der Waals surface area contributed by atoms with Crippen LogP contribution in [-0.2, 0) is 18.3 Å². The predicted molar refractivity (Wildman–Crippen MR) is 77.8 cm³/mol. The molecule has 1 aromatic heterocycles. The molecule has 0 aliphatic heterocycles. The minimum Gasteiger partial charge on any atom is -0.490 e. The lowest BCUT2D eigenvalue weighted by Crippen LogP contribution is -2.04. The van der Waals surface area contributed by atoms with Crippen molar-refractivity contribution in [2.24, 2.45) is 7.05 Å². The highest BCUT2D eigenvalue weighted by molar-refractivity contribution is 5.72. The molecular formula is C14H15N3O5. The average Bonchev–Trinajstić information content (AvgIpc) is 2.85. The first kappa shape index (κ1) is 15.5. The van der Waals surface area contributed by atoms with Gasteiger partial charge in [0.1, 0.15) is 0 Å². The summed E-state index contributed by atoms with van der Waals surface area (Å²) in [6, 6.07) is 4.61. The van der Waals surface area contributed by atoms with Gasteiger partial charge in [-0.3, -0.25) is 19.6 Å². The molecular weight excluding hydrogens is 290 g/mol. The predicted octanol–water partition coefficient (Wildman–Crippen LogP) is 2.02. The van der Waals surface area contributed by atoms with Crippen molar-refractivity contribution < 1.29 is 19.6 Å². The van der Waals surface area contributed by atoms with E-state index in [-0.39, 0.29) is 17.9 Å². The van der Waals surface area contributed by atoms with E-state index in [9.17, 15) is 14.9 Å². The Morgan fingerprint density at radius 2 is 2.23 bits per heavy atom. The van der Waals surface area contributed by atoms with E-state index in [0.29, 0.717) is 23.2 Å². The first-order valence-corrected chi connectivity index (χ1v) is 6.49. The smallest absolute Gasteiger partial charge is 0.311 e. The summed E-state index contributed by atoms with van der Waals surface area (Å²) in [6.07, 6.45) is 1.83. The second kappa shape index (κ2) is 6.25. The highest BCUT2D eigenvalue weighted by Crippen LogP contribution is 2.33. The maximum Gasteiger partial charge on any atom is 0.311 e. The van der Waals surface area contributed by atoms with Crippen molar-refractivity contribution in [1.29, 1.82) is 0 Å². The van der Waals surface area contributed by atoms with Crippen LogP contribution in [-0.4, -0.2) is 32.9 Å². The molecule has 2 rings (SSSR count). The summed E-state index contributed by atoms with van der Waals surface area (Å²) >= 11 is 0.